The van der Waals surface area contributed by atoms with Crippen LogP contribution in [0.4, 0.5) is 0 Å². The highest BCUT2D eigenvalue weighted by atomic mass is 32.2. The van der Waals surface area contributed by atoms with Gasteiger partial charge in [-0.15, -0.1) is 0 Å². The second-order valence-electron chi connectivity index (χ2n) is 4.75. The third-order valence-corrected chi connectivity index (χ3v) is 4.71. The van der Waals surface area contributed by atoms with Crippen molar-refractivity contribution < 1.29 is 0 Å². The molecule has 15 heavy (non-hydrogen) atoms. The molecule has 0 bridgehead atoms. The summed E-state index contributed by atoms with van der Waals surface area (Å²) in [6.07, 6.45) is 6.47. The molecular formula is C12H22N2S. The summed E-state index contributed by atoms with van der Waals surface area (Å²) < 4.78 is 0. The number of nitrogens with one attached hydrogen (secondary N) is 1. The normalized spacial score (nSPS) is 23.3. The molecule has 2 nitrogen and oxygen atoms in total. The van der Waals surface area contributed by atoms with Gasteiger partial charge in [0.05, 0.1) is 6.07 Å². The lowest BCUT2D eigenvalue weighted by Gasteiger charge is -2.25. The van der Waals surface area contributed by atoms with Gasteiger partial charge in [0.15, 0.2) is 0 Å². The molecule has 1 saturated carbocycles. The van der Waals surface area contributed by atoms with E-state index in [2.05, 4.69) is 30.1 Å². The Bertz CT molecular complexity index is 230. The number of hydrogen-bond donors (Lipinski definition) is 1. The number of hydrogen-bond acceptors (Lipinski definition) is 3. The maximum Gasteiger partial charge on any atom is 0.104 e. The Labute approximate surface area is 97.8 Å². The zero-order valence-electron chi connectivity index (χ0n) is 10.0. The monoisotopic (exact) mass is 226 g/mol. The Kier molecular flexibility index (Phi) is 4.95. The maximum atomic E-state index is 9.07. The molecule has 1 rings (SSSR count). The van der Waals surface area contributed by atoms with Crippen molar-refractivity contribution in [3.05, 3.63) is 0 Å². The summed E-state index contributed by atoms with van der Waals surface area (Å²) in [7, 11) is 1.87. The molecule has 0 aromatic heterocycles. The summed E-state index contributed by atoms with van der Waals surface area (Å²) in [5, 5.41) is 13.6. The molecular weight excluding hydrogens is 204 g/mol. The van der Waals surface area contributed by atoms with Crippen molar-refractivity contribution in [3.63, 3.8) is 0 Å². The standard InChI is InChI=1S/C12H22N2S/c1-10(8-12(2,9-13)14-3)15-11-6-4-5-7-11/h10-11,14H,4-8H2,1-3H3. The van der Waals surface area contributed by atoms with Crippen LogP contribution in [0.25, 0.3) is 0 Å². The molecule has 1 N–H and O–H groups in total. The van der Waals surface area contributed by atoms with Crippen molar-refractivity contribution in [2.45, 2.75) is 62.0 Å². The lowest BCUT2D eigenvalue weighted by Crippen LogP contribution is -2.40. The summed E-state index contributed by atoms with van der Waals surface area (Å²) in [4.78, 5) is 0. The third kappa shape index (κ3) is 4.04. The molecule has 0 saturated heterocycles. The molecule has 0 heterocycles. The molecule has 2 unspecified atom stereocenters. The van der Waals surface area contributed by atoms with E-state index < -0.39 is 0 Å². The Hall–Kier alpha value is -0.200. The molecule has 0 amide bonds. The lowest BCUT2D eigenvalue weighted by atomic mass is 9.98. The van der Waals surface area contributed by atoms with Crippen LogP contribution in [0.1, 0.15) is 46.0 Å². The Morgan fingerprint density at radius 1 is 1.53 bits per heavy atom. The highest BCUT2D eigenvalue weighted by Gasteiger charge is 2.26. The molecule has 2 atom stereocenters. The molecule has 0 radical (unpaired) electrons. The van der Waals surface area contributed by atoms with Crippen LogP contribution in [-0.2, 0) is 0 Å². The van der Waals surface area contributed by atoms with E-state index in [1.54, 1.807) is 0 Å². The molecule has 1 aliphatic rings. The van der Waals surface area contributed by atoms with Crippen LogP contribution in [0.2, 0.25) is 0 Å². The van der Waals surface area contributed by atoms with E-state index in [1.807, 2.05) is 14.0 Å². The number of nitriles is 1. The van der Waals surface area contributed by atoms with Crippen molar-refractivity contribution in [2.75, 3.05) is 7.05 Å². The van der Waals surface area contributed by atoms with Crippen molar-refractivity contribution in [1.82, 2.24) is 5.32 Å². The predicted molar refractivity (Wildman–Crippen MR) is 67.0 cm³/mol. The van der Waals surface area contributed by atoms with E-state index >= 15 is 0 Å². The van der Waals surface area contributed by atoms with Gasteiger partial charge in [0, 0.05) is 10.5 Å². The zero-order valence-corrected chi connectivity index (χ0v) is 10.9. The minimum Gasteiger partial charge on any atom is -0.303 e. The Balaban J connectivity index is 2.34. The SMILES string of the molecule is CNC(C)(C#N)CC(C)SC1CCCC1. The van der Waals surface area contributed by atoms with Crippen molar-refractivity contribution in [3.8, 4) is 6.07 Å². The molecule has 86 valence electrons. The molecule has 0 aliphatic heterocycles. The van der Waals surface area contributed by atoms with Crippen LogP contribution in [0.3, 0.4) is 0 Å². The van der Waals surface area contributed by atoms with E-state index in [-0.39, 0.29) is 5.54 Å². The number of rotatable bonds is 5. The lowest BCUT2D eigenvalue weighted by molar-refractivity contribution is 0.455. The fourth-order valence-corrected chi connectivity index (χ4v) is 3.87. The van der Waals surface area contributed by atoms with Gasteiger partial charge < -0.3 is 5.32 Å². The number of nitrogens with zero attached hydrogens (tertiary/aromatic N) is 1. The summed E-state index contributed by atoms with van der Waals surface area (Å²) in [6.45, 7) is 4.23. The average Bonchev–Trinajstić information content (AvgIpc) is 2.70. The third-order valence-electron chi connectivity index (χ3n) is 3.22. The van der Waals surface area contributed by atoms with E-state index in [4.69, 9.17) is 5.26 Å². The van der Waals surface area contributed by atoms with Gasteiger partial charge in [-0.1, -0.05) is 19.8 Å². The quantitative estimate of drug-likeness (QED) is 0.783. The van der Waals surface area contributed by atoms with Gasteiger partial charge in [-0.3, -0.25) is 0 Å². The second-order valence-corrected chi connectivity index (χ2v) is 6.49. The topological polar surface area (TPSA) is 35.8 Å². The summed E-state index contributed by atoms with van der Waals surface area (Å²) >= 11 is 2.07. The van der Waals surface area contributed by atoms with Crippen LogP contribution in [-0.4, -0.2) is 23.1 Å². The molecule has 0 aromatic rings. The van der Waals surface area contributed by atoms with Gasteiger partial charge >= 0.3 is 0 Å². The van der Waals surface area contributed by atoms with Gasteiger partial charge in [-0.2, -0.15) is 17.0 Å². The Morgan fingerprint density at radius 2 is 2.13 bits per heavy atom. The van der Waals surface area contributed by atoms with Crippen LogP contribution >= 0.6 is 11.8 Å². The van der Waals surface area contributed by atoms with E-state index in [0.29, 0.717) is 5.25 Å². The van der Waals surface area contributed by atoms with Crippen molar-refractivity contribution >= 4 is 11.8 Å². The maximum absolute atomic E-state index is 9.07. The first-order chi connectivity index (χ1) is 7.09. The number of thioether (sulfide) groups is 1. The van der Waals surface area contributed by atoms with Gasteiger partial charge in [-0.25, -0.2) is 0 Å². The van der Waals surface area contributed by atoms with Crippen LogP contribution in [0.15, 0.2) is 0 Å². The highest BCUT2D eigenvalue weighted by Crippen LogP contribution is 2.34. The smallest absolute Gasteiger partial charge is 0.104 e. The summed E-state index contributed by atoms with van der Waals surface area (Å²) in [6, 6.07) is 2.36. The predicted octanol–water partition coefficient (Wildman–Crippen LogP) is 2.94. The second kappa shape index (κ2) is 5.77. The molecule has 3 heteroatoms. The van der Waals surface area contributed by atoms with Crippen LogP contribution in [0.5, 0.6) is 0 Å². The van der Waals surface area contributed by atoms with E-state index in [9.17, 15) is 0 Å². The van der Waals surface area contributed by atoms with Crippen molar-refractivity contribution in [1.29, 1.82) is 5.26 Å². The zero-order chi connectivity index (χ0) is 11.3. The highest BCUT2D eigenvalue weighted by molar-refractivity contribution is 8.00. The average molecular weight is 226 g/mol. The fourth-order valence-electron chi connectivity index (χ4n) is 2.18. The molecule has 0 aromatic carbocycles. The molecule has 1 fully saturated rings. The Morgan fingerprint density at radius 3 is 2.60 bits per heavy atom. The van der Waals surface area contributed by atoms with E-state index in [1.165, 1.54) is 25.7 Å². The van der Waals surface area contributed by atoms with Crippen molar-refractivity contribution in [2.24, 2.45) is 0 Å². The minimum absolute atomic E-state index is 0.356. The van der Waals surface area contributed by atoms with Gasteiger partial charge in [0.25, 0.3) is 0 Å². The minimum atomic E-state index is -0.356. The van der Waals surface area contributed by atoms with Gasteiger partial charge in [-0.05, 0) is 33.2 Å². The summed E-state index contributed by atoms with van der Waals surface area (Å²) in [5.74, 6) is 0. The largest absolute Gasteiger partial charge is 0.303 e. The van der Waals surface area contributed by atoms with Gasteiger partial charge in [0.1, 0.15) is 5.54 Å². The van der Waals surface area contributed by atoms with Gasteiger partial charge in [0.2, 0.25) is 0 Å². The summed E-state index contributed by atoms with van der Waals surface area (Å²) in [5.41, 5.74) is -0.356. The van der Waals surface area contributed by atoms with E-state index in [0.717, 1.165) is 11.7 Å². The first kappa shape index (κ1) is 12.9. The molecule has 0 spiro atoms. The first-order valence-corrected chi connectivity index (χ1v) is 6.79. The first-order valence-electron chi connectivity index (χ1n) is 5.85. The fraction of sp³-hybridized carbons (Fsp3) is 0.917. The van der Waals surface area contributed by atoms with Crippen LogP contribution in [0, 0.1) is 11.3 Å². The molecule has 1 aliphatic carbocycles. The van der Waals surface area contributed by atoms with Crippen LogP contribution < -0.4 is 5.32 Å².